The summed E-state index contributed by atoms with van der Waals surface area (Å²) in [5.41, 5.74) is 1.60. The van der Waals surface area contributed by atoms with Crippen molar-refractivity contribution in [2.45, 2.75) is 32.1 Å². The van der Waals surface area contributed by atoms with Crippen molar-refractivity contribution in [3.05, 3.63) is 66.4 Å². The van der Waals surface area contributed by atoms with E-state index in [1.54, 1.807) is 43.1 Å². The molecular formula is C20H22N6O. The van der Waals surface area contributed by atoms with Gasteiger partial charge in [0.1, 0.15) is 5.82 Å². The van der Waals surface area contributed by atoms with E-state index in [1.807, 2.05) is 15.7 Å². The number of aromatic nitrogens is 5. The molecule has 1 fully saturated rings. The Labute approximate surface area is 158 Å². The van der Waals surface area contributed by atoms with Crippen molar-refractivity contribution in [3.8, 4) is 5.82 Å². The van der Waals surface area contributed by atoms with E-state index in [1.165, 1.54) is 0 Å². The van der Waals surface area contributed by atoms with Gasteiger partial charge < -0.3 is 4.90 Å². The zero-order chi connectivity index (χ0) is 18.6. The SMILES string of the molecule is CCc1nccn1-c1nccnc1C1CCCN(C(=O)c2ccncc2)C1. The fraction of sp³-hybridized carbons (Fsp3) is 0.350. The molecule has 7 heteroatoms. The Hall–Kier alpha value is -3.09. The van der Waals surface area contributed by atoms with Gasteiger partial charge in [0.05, 0.1) is 5.69 Å². The Bertz CT molecular complexity index is 923. The molecule has 27 heavy (non-hydrogen) atoms. The van der Waals surface area contributed by atoms with Crippen LogP contribution >= 0.6 is 0 Å². The summed E-state index contributed by atoms with van der Waals surface area (Å²) in [5, 5.41) is 0. The zero-order valence-corrected chi connectivity index (χ0v) is 15.3. The maximum atomic E-state index is 12.8. The summed E-state index contributed by atoms with van der Waals surface area (Å²) in [6.45, 7) is 3.48. The highest BCUT2D eigenvalue weighted by molar-refractivity contribution is 5.94. The summed E-state index contributed by atoms with van der Waals surface area (Å²) in [6, 6.07) is 3.53. The van der Waals surface area contributed by atoms with Crippen molar-refractivity contribution in [2.24, 2.45) is 0 Å². The minimum atomic E-state index is 0.0458. The molecule has 0 bridgehead atoms. The van der Waals surface area contributed by atoms with Crippen LogP contribution in [0.2, 0.25) is 0 Å². The van der Waals surface area contributed by atoms with Crippen LogP contribution in [0.5, 0.6) is 0 Å². The van der Waals surface area contributed by atoms with Crippen LogP contribution in [0.15, 0.2) is 49.3 Å². The van der Waals surface area contributed by atoms with Crippen molar-refractivity contribution in [2.75, 3.05) is 13.1 Å². The fourth-order valence-electron chi connectivity index (χ4n) is 3.67. The molecule has 1 saturated heterocycles. The predicted octanol–water partition coefficient (Wildman–Crippen LogP) is 2.64. The summed E-state index contributed by atoms with van der Waals surface area (Å²) in [4.78, 5) is 32.4. The number of hydrogen-bond donors (Lipinski definition) is 0. The number of amides is 1. The maximum absolute atomic E-state index is 12.8. The van der Waals surface area contributed by atoms with Crippen molar-refractivity contribution >= 4 is 5.91 Å². The Balaban J connectivity index is 1.62. The van der Waals surface area contributed by atoms with Crippen LogP contribution in [0.4, 0.5) is 0 Å². The Morgan fingerprint density at radius 3 is 2.74 bits per heavy atom. The van der Waals surface area contributed by atoms with E-state index in [4.69, 9.17) is 0 Å². The van der Waals surface area contributed by atoms with Gasteiger partial charge in [0.25, 0.3) is 5.91 Å². The lowest BCUT2D eigenvalue weighted by molar-refractivity contribution is 0.0705. The Morgan fingerprint density at radius 2 is 1.93 bits per heavy atom. The van der Waals surface area contributed by atoms with Gasteiger partial charge in [-0.3, -0.25) is 19.3 Å². The second kappa shape index (κ2) is 7.65. The average molecular weight is 362 g/mol. The van der Waals surface area contributed by atoms with Gasteiger partial charge in [-0.05, 0) is 25.0 Å². The zero-order valence-electron chi connectivity index (χ0n) is 15.3. The highest BCUT2D eigenvalue weighted by Crippen LogP contribution is 2.29. The number of rotatable bonds is 4. The molecule has 1 amide bonds. The molecule has 1 aliphatic rings. The minimum Gasteiger partial charge on any atom is -0.338 e. The number of pyridine rings is 1. The van der Waals surface area contributed by atoms with Crippen LogP contribution < -0.4 is 0 Å². The number of likely N-dealkylation sites (tertiary alicyclic amines) is 1. The predicted molar refractivity (Wildman–Crippen MR) is 101 cm³/mol. The second-order valence-corrected chi connectivity index (χ2v) is 6.66. The van der Waals surface area contributed by atoms with Gasteiger partial charge in [0.2, 0.25) is 0 Å². The number of piperidine rings is 1. The topological polar surface area (TPSA) is 76.8 Å². The molecule has 138 valence electrons. The lowest BCUT2D eigenvalue weighted by atomic mass is 9.93. The van der Waals surface area contributed by atoms with Crippen molar-refractivity contribution in [3.63, 3.8) is 0 Å². The molecule has 4 rings (SSSR count). The standard InChI is InChI=1S/C20H22N6O/c1-2-17-22-11-13-26(17)19-18(23-9-10-24-19)16-4-3-12-25(14-16)20(27)15-5-7-21-8-6-15/h5-11,13,16H,2-4,12,14H2,1H3. The van der Waals surface area contributed by atoms with E-state index < -0.39 is 0 Å². The third-order valence-corrected chi connectivity index (χ3v) is 4.99. The van der Waals surface area contributed by atoms with Crippen LogP contribution in [0.1, 0.15) is 47.6 Å². The Morgan fingerprint density at radius 1 is 1.11 bits per heavy atom. The lowest BCUT2D eigenvalue weighted by Gasteiger charge is -2.33. The average Bonchev–Trinajstić information content (AvgIpc) is 3.23. The number of carbonyl (C=O) groups is 1. The normalized spacial score (nSPS) is 17.1. The smallest absolute Gasteiger partial charge is 0.253 e. The molecule has 1 aliphatic heterocycles. The summed E-state index contributed by atoms with van der Waals surface area (Å²) in [6.07, 6.45) is 13.2. The van der Waals surface area contributed by atoms with Gasteiger partial charge >= 0.3 is 0 Å². The largest absolute Gasteiger partial charge is 0.338 e. The summed E-state index contributed by atoms with van der Waals surface area (Å²) in [5.74, 6) is 1.97. The molecule has 0 spiro atoms. The molecule has 0 N–H and O–H groups in total. The molecule has 0 saturated carbocycles. The van der Waals surface area contributed by atoms with Crippen LogP contribution in [0.3, 0.4) is 0 Å². The first-order valence-electron chi connectivity index (χ1n) is 9.30. The molecule has 3 aromatic heterocycles. The lowest BCUT2D eigenvalue weighted by Crippen LogP contribution is -2.39. The molecule has 1 atom stereocenters. The van der Waals surface area contributed by atoms with Crippen molar-refractivity contribution in [1.29, 1.82) is 0 Å². The van der Waals surface area contributed by atoms with Crippen LogP contribution in [-0.2, 0) is 6.42 Å². The summed E-state index contributed by atoms with van der Waals surface area (Å²) in [7, 11) is 0. The van der Waals surface area contributed by atoms with Crippen molar-refractivity contribution in [1.82, 2.24) is 29.4 Å². The molecule has 0 radical (unpaired) electrons. The highest BCUT2D eigenvalue weighted by atomic mass is 16.2. The third kappa shape index (κ3) is 3.45. The molecule has 7 nitrogen and oxygen atoms in total. The van der Waals surface area contributed by atoms with Gasteiger partial charge in [-0.15, -0.1) is 0 Å². The van der Waals surface area contributed by atoms with E-state index in [0.29, 0.717) is 12.1 Å². The molecule has 0 aliphatic carbocycles. The first-order chi connectivity index (χ1) is 13.3. The number of aryl methyl sites for hydroxylation is 1. The second-order valence-electron chi connectivity index (χ2n) is 6.66. The van der Waals surface area contributed by atoms with E-state index in [-0.39, 0.29) is 11.8 Å². The molecule has 1 unspecified atom stereocenters. The number of imidazole rings is 1. The number of hydrogen-bond acceptors (Lipinski definition) is 5. The molecular weight excluding hydrogens is 340 g/mol. The van der Waals surface area contributed by atoms with Gasteiger partial charge in [-0.25, -0.2) is 9.97 Å². The van der Waals surface area contributed by atoms with E-state index >= 15 is 0 Å². The summed E-state index contributed by atoms with van der Waals surface area (Å²) < 4.78 is 2.01. The first-order valence-corrected chi connectivity index (χ1v) is 9.30. The monoisotopic (exact) mass is 362 g/mol. The fourth-order valence-corrected chi connectivity index (χ4v) is 3.67. The van der Waals surface area contributed by atoms with Gasteiger partial charge in [-0.2, -0.15) is 0 Å². The first kappa shape index (κ1) is 17.3. The van der Waals surface area contributed by atoms with Gasteiger partial charge in [0, 0.05) is 68.2 Å². The van der Waals surface area contributed by atoms with Crippen LogP contribution in [0.25, 0.3) is 5.82 Å². The number of nitrogens with zero attached hydrogens (tertiary/aromatic N) is 6. The molecule has 0 aromatic carbocycles. The third-order valence-electron chi connectivity index (χ3n) is 4.99. The van der Waals surface area contributed by atoms with Crippen LogP contribution in [-0.4, -0.2) is 48.4 Å². The van der Waals surface area contributed by atoms with Crippen LogP contribution in [0, 0.1) is 0 Å². The minimum absolute atomic E-state index is 0.0458. The van der Waals surface area contributed by atoms with E-state index in [2.05, 4.69) is 26.9 Å². The van der Waals surface area contributed by atoms with E-state index in [0.717, 1.165) is 43.1 Å². The van der Waals surface area contributed by atoms with E-state index in [9.17, 15) is 4.79 Å². The summed E-state index contributed by atoms with van der Waals surface area (Å²) >= 11 is 0. The maximum Gasteiger partial charge on any atom is 0.253 e. The Kier molecular flexibility index (Phi) is 4.91. The van der Waals surface area contributed by atoms with Gasteiger partial charge in [0.15, 0.2) is 5.82 Å². The van der Waals surface area contributed by atoms with Gasteiger partial charge in [-0.1, -0.05) is 6.92 Å². The molecule has 4 heterocycles. The quantitative estimate of drug-likeness (QED) is 0.713. The number of carbonyl (C=O) groups excluding carboxylic acids is 1. The van der Waals surface area contributed by atoms with Crippen molar-refractivity contribution < 1.29 is 4.79 Å². The molecule has 3 aromatic rings. The highest BCUT2D eigenvalue weighted by Gasteiger charge is 2.28.